The number of aryl methyl sites for hydroxylation is 2. The lowest BCUT2D eigenvalue weighted by Crippen LogP contribution is -2.48. The molecule has 3 rings (SSSR count). The minimum Gasteiger partial charge on any atom is -0.369 e. The molecular weight excluding hydrogens is 380 g/mol. The molecule has 0 atom stereocenters. The first-order chi connectivity index (χ1) is 12.7. The molecule has 0 aliphatic carbocycles. The number of benzene rings is 2. The van der Waals surface area contributed by atoms with Crippen molar-refractivity contribution in [3.05, 3.63) is 58.1 Å². The Bertz CT molecular complexity index is 933. The topological polar surface area (TPSA) is 40.6 Å². The Morgan fingerprint density at radius 2 is 1.56 bits per heavy atom. The van der Waals surface area contributed by atoms with Gasteiger partial charge in [-0.2, -0.15) is 4.31 Å². The van der Waals surface area contributed by atoms with Gasteiger partial charge in [0.05, 0.1) is 4.90 Å². The molecule has 1 aliphatic heterocycles. The molecule has 2 aromatic rings. The minimum atomic E-state index is -3.49. The number of piperazine rings is 1. The number of hydrogen-bond donors (Lipinski definition) is 0. The van der Waals surface area contributed by atoms with Crippen LogP contribution in [0.15, 0.2) is 41.3 Å². The monoisotopic (exact) mass is 406 g/mol. The van der Waals surface area contributed by atoms with Crippen molar-refractivity contribution >= 4 is 27.3 Å². The predicted octanol–water partition coefficient (Wildman–Crippen LogP) is 4.59. The lowest BCUT2D eigenvalue weighted by molar-refractivity contribution is 0.384. The summed E-state index contributed by atoms with van der Waals surface area (Å²) in [6.07, 6.45) is 0. The van der Waals surface area contributed by atoms with Gasteiger partial charge in [-0.05, 0) is 54.7 Å². The van der Waals surface area contributed by atoms with Crippen molar-refractivity contribution in [2.45, 2.75) is 38.5 Å². The molecule has 0 spiro atoms. The second kappa shape index (κ2) is 7.82. The van der Waals surface area contributed by atoms with Gasteiger partial charge < -0.3 is 4.90 Å². The minimum absolute atomic E-state index is 0.294. The van der Waals surface area contributed by atoms with Crippen LogP contribution in [0.25, 0.3) is 0 Å². The van der Waals surface area contributed by atoms with Crippen LogP contribution in [0.1, 0.15) is 36.5 Å². The molecule has 0 saturated carbocycles. The number of anilines is 1. The lowest BCUT2D eigenvalue weighted by atomic mass is 10.0. The quantitative estimate of drug-likeness (QED) is 0.745. The molecule has 27 heavy (non-hydrogen) atoms. The highest BCUT2D eigenvalue weighted by Crippen LogP contribution is 2.28. The Kier molecular flexibility index (Phi) is 5.84. The van der Waals surface area contributed by atoms with E-state index in [1.54, 1.807) is 4.31 Å². The number of halogens is 1. The Hall–Kier alpha value is -1.56. The van der Waals surface area contributed by atoms with Gasteiger partial charge in [0, 0.05) is 36.9 Å². The zero-order valence-electron chi connectivity index (χ0n) is 16.4. The normalized spacial score (nSPS) is 16.1. The van der Waals surface area contributed by atoms with Crippen LogP contribution in [0.4, 0.5) is 5.69 Å². The summed E-state index contributed by atoms with van der Waals surface area (Å²) in [4.78, 5) is 2.62. The van der Waals surface area contributed by atoms with Gasteiger partial charge in [-0.25, -0.2) is 8.42 Å². The van der Waals surface area contributed by atoms with Gasteiger partial charge in [-0.15, -0.1) is 0 Å². The summed E-state index contributed by atoms with van der Waals surface area (Å²) in [5, 5.41) is 0.740. The summed E-state index contributed by atoms with van der Waals surface area (Å²) in [7, 11) is -3.49. The molecule has 0 aromatic heterocycles. The first kappa shape index (κ1) is 20.2. The highest BCUT2D eigenvalue weighted by molar-refractivity contribution is 7.89. The standard InChI is InChI=1S/C21H27ClN2O2S/c1-15(2)18-7-5-17(4)21(13-18)27(25,26)24-11-9-23(10-12-24)19-8-6-16(3)20(22)14-19/h5-8,13-15H,9-12H2,1-4H3. The van der Waals surface area contributed by atoms with E-state index in [9.17, 15) is 8.42 Å². The van der Waals surface area contributed by atoms with Crippen LogP contribution in [0.5, 0.6) is 0 Å². The smallest absolute Gasteiger partial charge is 0.243 e. The third-order valence-corrected chi connectivity index (χ3v) is 7.70. The fourth-order valence-electron chi connectivity index (χ4n) is 3.36. The third kappa shape index (κ3) is 4.15. The molecule has 4 nitrogen and oxygen atoms in total. The van der Waals surface area contributed by atoms with Crippen molar-refractivity contribution in [3.63, 3.8) is 0 Å². The van der Waals surface area contributed by atoms with E-state index in [4.69, 9.17) is 11.6 Å². The predicted molar refractivity (Wildman–Crippen MR) is 112 cm³/mol. The van der Waals surface area contributed by atoms with Gasteiger partial charge >= 0.3 is 0 Å². The van der Waals surface area contributed by atoms with Gasteiger partial charge in [0.2, 0.25) is 10.0 Å². The summed E-state index contributed by atoms with van der Waals surface area (Å²) >= 11 is 6.24. The molecule has 1 saturated heterocycles. The van der Waals surface area contributed by atoms with Gasteiger partial charge in [-0.1, -0.05) is 43.6 Å². The zero-order chi connectivity index (χ0) is 19.8. The van der Waals surface area contributed by atoms with Crippen LogP contribution in [0.2, 0.25) is 5.02 Å². The average Bonchev–Trinajstić information content (AvgIpc) is 2.64. The van der Waals surface area contributed by atoms with Crippen LogP contribution in [0.3, 0.4) is 0 Å². The highest BCUT2D eigenvalue weighted by atomic mass is 35.5. The van der Waals surface area contributed by atoms with Crippen LogP contribution in [-0.4, -0.2) is 38.9 Å². The summed E-state index contributed by atoms with van der Waals surface area (Å²) in [5.74, 6) is 0.294. The van der Waals surface area contributed by atoms with Crippen LogP contribution < -0.4 is 4.90 Å². The van der Waals surface area contributed by atoms with E-state index in [2.05, 4.69) is 18.7 Å². The van der Waals surface area contributed by atoms with Gasteiger partial charge in [0.25, 0.3) is 0 Å². The maximum atomic E-state index is 13.2. The van der Waals surface area contributed by atoms with Crippen molar-refractivity contribution in [1.82, 2.24) is 4.31 Å². The molecule has 0 bridgehead atoms. The molecule has 0 amide bonds. The van der Waals surface area contributed by atoms with E-state index in [1.807, 2.05) is 50.2 Å². The summed E-state index contributed by atoms with van der Waals surface area (Å²) < 4.78 is 28.0. The van der Waals surface area contributed by atoms with Crippen LogP contribution in [0, 0.1) is 13.8 Å². The number of hydrogen-bond acceptors (Lipinski definition) is 3. The van der Waals surface area contributed by atoms with E-state index in [1.165, 1.54) is 0 Å². The molecule has 1 heterocycles. The average molecular weight is 407 g/mol. The number of nitrogens with zero attached hydrogens (tertiary/aromatic N) is 2. The molecule has 0 unspecified atom stereocenters. The Balaban J connectivity index is 1.79. The highest BCUT2D eigenvalue weighted by Gasteiger charge is 2.30. The Morgan fingerprint density at radius 1 is 0.926 bits per heavy atom. The number of sulfonamides is 1. The van der Waals surface area contributed by atoms with Crippen molar-refractivity contribution < 1.29 is 8.42 Å². The van der Waals surface area contributed by atoms with E-state index in [0.29, 0.717) is 37.0 Å². The van der Waals surface area contributed by atoms with Crippen molar-refractivity contribution in [1.29, 1.82) is 0 Å². The fourth-order valence-corrected chi connectivity index (χ4v) is 5.21. The van der Waals surface area contributed by atoms with E-state index >= 15 is 0 Å². The van der Waals surface area contributed by atoms with Crippen LogP contribution in [-0.2, 0) is 10.0 Å². The van der Waals surface area contributed by atoms with E-state index < -0.39 is 10.0 Å². The van der Waals surface area contributed by atoms with Gasteiger partial charge in [0.15, 0.2) is 0 Å². The van der Waals surface area contributed by atoms with Gasteiger partial charge in [0.1, 0.15) is 0 Å². The molecule has 2 aromatic carbocycles. The largest absolute Gasteiger partial charge is 0.369 e. The zero-order valence-corrected chi connectivity index (χ0v) is 17.9. The van der Waals surface area contributed by atoms with Crippen molar-refractivity contribution in [2.75, 3.05) is 31.1 Å². The second-order valence-electron chi connectivity index (χ2n) is 7.50. The van der Waals surface area contributed by atoms with Crippen LogP contribution >= 0.6 is 11.6 Å². The maximum Gasteiger partial charge on any atom is 0.243 e. The second-order valence-corrected chi connectivity index (χ2v) is 9.82. The fraction of sp³-hybridized carbons (Fsp3) is 0.429. The van der Waals surface area contributed by atoms with E-state index in [0.717, 1.165) is 27.4 Å². The SMILES string of the molecule is Cc1ccc(N2CCN(S(=O)(=O)c3cc(C(C)C)ccc3C)CC2)cc1Cl. The summed E-state index contributed by atoms with van der Waals surface area (Å²) in [6, 6.07) is 11.8. The number of rotatable bonds is 4. The summed E-state index contributed by atoms with van der Waals surface area (Å²) in [5.41, 5.74) is 3.93. The molecule has 0 radical (unpaired) electrons. The third-order valence-electron chi connectivity index (χ3n) is 5.26. The molecule has 146 valence electrons. The first-order valence-corrected chi connectivity index (χ1v) is 11.1. The molecule has 0 N–H and O–H groups in total. The Morgan fingerprint density at radius 3 is 2.15 bits per heavy atom. The van der Waals surface area contributed by atoms with Crippen molar-refractivity contribution in [2.24, 2.45) is 0 Å². The van der Waals surface area contributed by atoms with Gasteiger partial charge in [-0.3, -0.25) is 0 Å². The van der Waals surface area contributed by atoms with Crippen molar-refractivity contribution in [3.8, 4) is 0 Å². The maximum absolute atomic E-state index is 13.2. The molecular formula is C21H27ClN2O2S. The first-order valence-electron chi connectivity index (χ1n) is 9.32. The molecule has 6 heteroatoms. The Labute approximate surface area is 167 Å². The van der Waals surface area contributed by atoms with E-state index in [-0.39, 0.29) is 0 Å². The molecule has 1 aliphatic rings. The summed E-state index contributed by atoms with van der Waals surface area (Å²) in [6.45, 7) is 10.2. The molecule has 1 fully saturated rings. The lowest BCUT2D eigenvalue weighted by Gasteiger charge is -2.35.